The molecule has 1 amide bonds. The van der Waals surface area contributed by atoms with Crippen LogP contribution in [-0.4, -0.2) is 65.1 Å². The van der Waals surface area contributed by atoms with E-state index in [4.69, 9.17) is 0 Å². The molecule has 5 rings (SSSR count). The highest BCUT2D eigenvalue weighted by Gasteiger charge is 2.62. The summed E-state index contributed by atoms with van der Waals surface area (Å²) in [6.45, 7) is 1.61. The Bertz CT molecular complexity index is 1050. The number of nitrogens with zero attached hydrogens (tertiary/aromatic N) is 5. The number of amides is 1. The fourth-order valence-corrected chi connectivity index (χ4v) is 6.40. The topological polar surface area (TPSA) is 121 Å². The van der Waals surface area contributed by atoms with Gasteiger partial charge in [0, 0.05) is 11.7 Å². The predicted molar refractivity (Wildman–Crippen MR) is 111 cm³/mol. The summed E-state index contributed by atoms with van der Waals surface area (Å²) in [6.07, 6.45) is 1.87. The number of aliphatic hydroxyl groups is 1. The fraction of sp³-hybridized carbons (Fsp3) is 0.476. The lowest BCUT2D eigenvalue weighted by Crippen LogP contribution is -2.64. The van der Waals surface area contributed by atoms with Crippen LogP contribution in [0.15, 0.2) is 46.8 Å². The van der Waals surface area contributed by atoms with E-state index in [2.05, 4.69) is 15.5 Å². The van der Waals surface area contributed by atoms with Gasteiger partial charge in [0.15, 0.2) is 0 Å². The van der Waals surface area contributed by atoms with Gasteiger partial charge in [-0.05, 0) is 53.8 Å². The molecule has 2 aliphatic heterocycles. The van der Waals surface area contributed by atoms with E-state index in [1.165, 1.54) is 16.7 Å². The van der Waals surface area contributed by atoms with E-state index < -0.39 is 18.0 Å². The number of aliphatic hydroxyl groups excluding tert-OH is 1. The molecule has 0 unspecified atom stereocenters. The van der Waals surface area contributed by atoms with Crippen LogP contribution in [0, 0.1) is 17.8 Å². The minimum atomic E-state index is -1.06. The minimum absolute atomic E-state index is 0.00660. The van der Waals surface area contributed by atoms with Gasteiger partial charge in [0.2, 0.25) is 11.1 Å². The molecule has 2 N–H and O–H groups in total. The van der Waals surface area contributed by atoms with Crippen molar-refractivity contribution in [1.82, 2.24) is 25.1 Å². The summed E-state index contributed by atoms with van der Waals surface area (Å²) in [7, 11) is 0. The van der Waals surface area contributed by atoms with Crippen molar-refractivity contribution in [3.05, 3.63) is 41.6 Å². The second-order valence-electron chi connectivity index (χ2n) is 8.33. The molecule has 5 atom stereocenters. The normalized spacial score (nSPS) is 28.2. The summed E-state index contributed by atoms with van der Waals surface area (Å²) >= 11 is 1.50. The van der Waals surface area contributed by atoms with Crippen molar-refractivity contribution in [3.8, 4) is 5.69 Å². The Labute approximate surface area is 183 Å². The van der Waals surface area contributed by atoms with Crippen molar-refractivity contribution < 1.29 is 19.8 Å². The number of rotatable bonds is 6. The molecule has 0 spiro atoms. The maximum atomic E-state index is 12.6. The van der Waals surface area contributed by atoms with Crippen LogP contribution in [0.3, 0.4) is 0 Å². The molecule has 3 aliphatic rings. The van der Waals surface area contributed by atoms with E-state index >= 15 is 0 Å². The number of hydrogen-bond acceptors (Lipinski definition) is 7. The van der Waals surface area contributed by atoms with Crippen LogP contribution >= 0.6 is 11.8 Å². The highest BCUT2D eigenvalue weighted by Crippen LogP contribution is 2.54. The van der Waals surface area contributed by atoms with Gasteiger partial charge in [0.25, 0.3) is 0 Å². The summed E-state index contributed by atoms with van der Waals surface area (Å²) in [5.74, 6) is -1.22. The first-order valence-corrected chi connectivity index (χ1v) is 11.4. The minimum Gasteiger partial charge on any atom is -0.477 e. The molecule has 3 heterocycles. The van der Waals surface area contributed by atoms with Crippen molar-refractivity contribution in [2.24, 2.45) is 17.8 Å². The average Bonchev–Trinajstić information content (AvgIpc) is 3.33. The predicted octanol–water partition coefficient (Wildman–Crippen LogP) is 1.73. The molecule has 2 aromatic rings. The molecule has 1 aromatic heterocycles. The number of benzene rings is 1. The first-order chi connectivity index (χ1) is 15.0. The SMILES string of the molecule is C[C@@H](O)[C@H]1C(=O)N2C(C(=O)O)=C3[C@H](CSc4nnnn4-c4ccccc4)CCC[C@@H]3[C@H]12. The van der Waals surface area contributed by atoms with Crippen LogP contribution in [-0.2, 0) is 9.59 Å². The number of tetrazole rings is 1. The fourth-order valence-electron chi connectivity index (χ4n) is 5.35. The van der Waals surface area contributed by atoms with E-state index in [0.29, 0.717) is 10.9 Å². The standard InChI is InChI=1S/C21H23N5O4S/c1-11(27)15-17-14-9-5-6-12(16(14)18(20(29)30)25(17)19(15)28)10-31-21-22-23-24-26(21)13-7-3-2-4-8-13/h2-4,7-8,11-12,14-15,17,27H,5-6,9-10H2,1H3,(H,29,30)/t11-,12+,14+,15-,17-/m1/s1. The zero-order valence-electron chi connectivity index (χ0n) is 17.0. The summed E-state index contributed by atoms with van der Waals surface area (Å²) in [6, 6.07) is 9.36. The van der Waals surface area contributed by atoms with Crippen molar-refractivity contribution in [1.29, 1.82) is 0 Å². The van der Waals surface area contributed by atoms with Crippen LogP contribution in [0.1, 0.15) is 26.2 Å². The monoisotopic (exact) mass is 441 g/mol. The smallest absolute Gasteiger partial charge is 0.352 e. The number of carbonyl (C=O) groups excluding carboxylic acids is 1. The lowest BCUT2D eigenvalue weighted by Gasteiger charge is -2.47. The lowest BCUT2D eigenvalue weighted by atomic mass is 9.70. The molecule has 1 aliphatic carbocycles. The van der Waals surface area contributed by atoms with E-state index in [9.17, 15) is 19.8 Å². The third-order valence-corrected chi connectivity index (χ3v) is 7.68. The zero-order chi connectivity index (χ0) is 21.7. The Kier molecular flexibility index (Phi) is 5.05. The number of β-lactam (4-membered cyclic amide) rings is 1. The summed E-state index contributed by atoms with van der Waals surface area (Å²) in [5, 5.41) is 32.7. The molecule has 1 saturated heterocycles. The third kappa shape index (κ3) is 3.16. The average molecular weight is 442 g/mol. The van der Waals surface area contributed by atoms with E-state index in [0.717, 1.165) is 30.5 Å². The first kappa shape index (κ1) is 20.2. The van der Waals surface area contributed by atoms with Gasteiger partial charge in [-0.3, -0.25) is 4.79 Å². The Morgan fingerprint density at radius 2 is 2.06 bits per heavy atom. The number of hydrogen-bond donors (Lipinski definition) is 2. The van der Waals surface area contributed by atoms with Crippen molar-refractivity contribution >= 4 is 23.6 Å². The van der Waals surface area contributed by atoms with Gasteiger partial charge < -0.3 is 15.1 Å². The largest absolute Gasteiger partial charge is 0.477 e. The molecule has 31 heavy (non-hydrogen) atoms. The van der Waals surface area contributed by atoms with Crippen LogP contribution in [0.4, 0.5) is 0 Å². The summed E-state index contributed by atoms with van der Waals surface area (Å²) in [5.41, 5.74) is 1.84. The second kappa shape index (κ2) is 7.76. The van der Waals surface area contributed by atoms with Crippen LogP contribution in [0.2, 0.25) is 0 Å². The van der Waals surface area contributed by atoms with Gasteiger partial charge in [0.05, 0.1) is 23.8 Å². The number of thioether (sulfide) groups is 1. The summed E-state index contributed by atoms with van der Waals surface area (Å²) in [4.78, 5) is 26.2. The molecule has 0 bridgehead atoms. The van der Waals surface area contributed by atoms with Crippen LogP contribution in [0.25, 0.3) is 5.69 Å². The van der Waals surface area contributed by atoms with Gasteiger partial charge >= 0.3 is 5.97 Å². The molecule has 1 saturated carbocycles. The molecule has 162 valence electrons. The Morgan fingerprint density at radius 3 is 2.77 bits per heavy atom. The maximum Gasteiger partial charge on any atom is 0.352 e. The highest BCUT2D eigenvalue weighted by atomic mass is 32.2. The Balaban J connectivity index is 1.41. The molecular formula is C21H23N5O4S. The first-order valence-electron chi connectivity index (χ1n) is 10.4. The molecule has 1 aromatic carbocycles. The number of carbonyl (C=O) groups is 2. The molecule has 10 heteroatoms. The number of carboxylic acid groups (broad SMARTS) is 1. The summed E-state index contributed by atoms with van der Waals surface area (Å²) < 4.78 is 1.67. The van der Waals surface area contributed by atoms with Gasteiger partial charge in [-0.1, -0.05) is 36.4 Å². The number of carboxylic acids is 1. The van der Waals surface area contributed by atoms with Crippen molar-refractivity contribution in [3.63, 3.8) is 0 Å². The van der Waals surface area contributed by atoms with E-state index in [1.807, 2.05) is 30.3 Å². The lowest BCUT2D eigenvalue weighted by molar-refractivity contribution is -0.163. The number of fused-ring (bicyclic) bond motifs is 3. The number of para-hydroxylation sites is 1. The van der Waals surface area contributed by atoms with Crippen molar-refractivity contribution in [2.75, 3.05) is 5.75 Å². The number of aromatic nitrogens is 4. The van der Waals surface area contributed by atoms with Crippen LogP contribution < -0.4 is 0 Å². The van der Waals surface area contributed by atoms with E-state index in [-0.39, 0.29) is 29.5 Å². The van der Waals surface area contributed by atoms with Gasteiger partial charge in [-0.25, -0.2) is 4.79 Å². The molecule has 9 nitrogen and oxygen atoms in total. The zero-order valence-corrected chi connectivity index (χ0v) is 17.8. The van der Waals surface area contributed by atoms with Gasteiger partial charge in [-0.15, -0.1) is 5.10 Å². The Hall–Kier alpha value is -2.72. The third-order valence-electron chi connectivity index (χ3n) is 6.60. The highest BCUT2D eigenvalue weighted by molar-refractivity contribution is 7.99. The molecule has 2 fully saturated rings. The van der Waals surface area contributed by atoms with Crippen molar-refractivity contribution in [2.45, 2.75) is 43.5 Å². The quantitative estimate of drug-likeness (QED) is 0.513. The second-order valence-corrected chi connectivity index (χ2v) is 9.32. The molecular weight excluding hydrogens is 418 g/mol. The van der Waals surface area contributed by atoms with Crippen LogP contribution in [0.5, 0.6) is 0 Å². The van der Waals surface area contributed by atoms with Gasteiger partial charge in [-0.2, -0.15) is 4.68 Å². The Morgan fingerprint density at radius 1 is 1.29 bits per heavy atom. The molecule has 0 radical (unpaired) electrons. The van der Waals surface area contributed by atoms with E-state index in [1.54, 1.807) is 11.6 Å². The van der Waals surface area contributed by atoms with Gasteiger partial charge in [0.1, 0.15) is 5.70 Å². The maximum absolute atomic E-state index is 12.6. The number of aliphatic carboxylic acids is 1.